The molecule has 0 radical (unpaired) electrons. The summed E-state index contributed by atoms with van der Waals surface area (Å²) in [5.74, 6) is -1.11. The lowest BCUT2D eigenvalue weighted by Gasteiger charge is -2.23. The molecule has 13 heteroatoms. The third kappa shape index (κ3) is 4.60. The second-order valence-electron chi connectivity index (χ2n) is 6.01. The molecule has 1 aromatic carbocycles. The number of aromatic nitrogens is 3. The smallest absolute Gasteiger partial charge is 0.265 e. The summed E-state index contributed by atoms with van der Waals surface area (Å²) in [6.07, 6.45) is -8.27. The molecular formula is C18H10F7N5O. The van der Waals surface area contributed by atoms with Gasteiger partial charge in [0.1, 0.15) is 5.82 Å². The van der Waals surface area contributed by atoms with Crippen LogP contribution in [0, 0.1) is 5.82 Å². The maximum atomic E-state index is 13.4. The number of carbonyl (C=O) groups is 1. The van der Waals surface area contributed by atoms with Crippen molar-refractivity contribution in [3.63, 3.8) is 0 Å². The molecule has 31 heavy (non-hydrogen) atoms. The summed E-state index contributed by atoms with van der Waals surface area (Å²) < 4.78 is 92.4. The van der Waals surface area contributed by atoms with Gasteiger partial charge in [-0.3, -0.25) is 9.78 Å². The van der Waals surface area contributed by atoms with Crippen LogP contribution in [0.25, 0.3) is 22.4 Å². The SMILES string of the molecule is NN(C(=O)C(F)(F)F)c1nc(C(F)(F)F)nc(-c2ccncc2)c1-c1ccc(F)cc1. The molecule has 1 amide bonds. The highest BCUT2D eigenvalue weighted by Gasteiger charge is 2.45. The van der Waals surface area contributed by atoms with Gasteiger partial charge in [-0.2, -0.15) is 26.3 Å². The molecule has 0 fully saturated rings. The first-order valence-corrected chi connectivity index (χ1v) is 8.21. The van der Waals surface area contributed by atoms with Gasteiger partial charge in [0.15, 0.2) is 5.82 Å². The Morgan fingerprint density at radius 2 is 1.45 bits per heavy atom. The van der Waals surface area contributed by atoms with Crippen LogP contribution in [0.1, 0.15) is 5.82 Å². The average Bonchev–Trinajstić information content (AvgIpc) is 2.71. The van der Waals surface area contributed by atoms with Crippen LogP contribution in [0.4, 0.5) is 36.6 Å². The third-order valence-electron chi connectivity index (χ3n) is 3.92. The second-order valence-corrected chi connectivity index (χ2v) is 6.01. The van der Waals surface area contributed by atoms with E-state index in [0.29, 0.717) is 0 Å². The van der Waals surface area contributed by atoms with E-state index >= 15 is 0 Å². The summed E-state index contributed by atoms with van der Waals surface area (Å²) in [6, 6.07) is 6.46. The van der Waals surface area contributed by atoms with Crippen LogP contribution in [0.5, 0.6) is 0 Å². The number of nitrogens with two attached hydrogens (primary N) is 1. The van der Waals surface area contributed by atoms with E-state index in [1.54, 1.807) is 0 Å². The van der Waals surface area contributed by atoms with Gasteiger partial charge in [-0.1, -0.05) is 12.1 Å². The lowest BCUT2D eigenvalue weighted by atomic mass is 9.99. The molecule has 2 N–H and O–H groups in total. The van der Waals surface area contributed by atoms with Crippen molar-refractivity contribution in [2.45, 2.75) is 12.4 Å². The fraction of sp³-hybridized carbons (Fsp3) is 0.111. The zero-order valence-electron chi connectivity index (χ0n) is 15.0. The van der Waals surface area contributed by atoms with E-state index in [9.17, 15) is 35.5 Å². The lowest BCUT2D eigenvalue weighted by Crippen LogP contribution is -2.47. The molecule has 2 heterocycles. The quantitative estimate of drug-likeness (QED) is 0.284. The topological polar surface area (TPSA) is 85.0 Å². The molecular weight excluding hydrogens is 435 g/mol. The van der Waals surface area contributed by atoms with Gasteiger partial charge >= 0.3 is 18.3 Å². The zero-order valence-corrected chi connectivity index (χ0v) is 15.0. The van der Waals surface area contributed by atoms with Crippen molar-refractivity contribution in [1.29, 1.82) is 0 Å². The number of anilines is 1. The van der Waals surface area contributed by atoms with Gasteiger partial charge in [-0.15, -0.1) is 0 Å². The Morgan fingerprint density at radius 3 is 1.97 bits per heavy atom. The minimum atomic E-state index is -5.50. The Morgan fingerprint density at radius 1 is 0.871 bits per heavy atom. The first-order chi connectivity index (χ1) is 14.4. The van der Waals surface area contributed by atoms with Crippen molar-refractivity contribution in [3.8, 4) is 22.4 Å². The minimum absolute atomic E-state index is 0.0105. The molecule has 6 nitrogen and oxygen atoms in total. The standard InChI is InChI=1S/C18H10F7N5O/c19-11-3-1-9(2-4-11)12-13(10-5-7-27-8-6-10)28-15(17(20,21)22)29-14(12)30(26)16(31)18(23,24)25/h1-8H,26H2. The molecule has 0 bridgehead atoms. The van der Waals surface area contributed by atoms with Gasteiger partial charge in [0, 0.05) is 18.0 Å². The normalized spacial score (nSPS) is 12.0. The van der Waals surface area contributed by atoms with Crippen LogP contribution in [0.15, 0.2) is 48.8 Å². The zero-order chi connectivity index (χ0) is 23.0. The summed E-state index contributed by atoms with van der Waals surface area (Å²) in [5.41, 5.74) is -1.00. The molecule has 162 valence electrons. The monoisotopic (exact) mass is 445 g/mol. The number of nitrogens with zero attached hydrogens (tertiary/aromatic N) is 4. The first-order valence-electron chi connectivity index (χ1n) is 8.21. The molecule has 0 aliphatic heterocycles. The number of amides is 1. The molecule has 0 aliphatic carbocycles. The van der Waals surface area contributed by atoms with E-state index in [1.807, 2.05) is 0 Å². The fourth-order valence-corrected chi connectivity index (χ4v) is 2.58. The molecule has 2 aromatic heterocycles. The fourth-order valence-electron chi connectivity index (χ4n) is 2.58. The van der Waals surface area contributed by atoms with Gasteiger partial charge in [-0.25, -0.2) is 25.2 Å². The lowest BCUT2D eigenvalue weighted by molar-refractivity contribution is -0.170. The van der Waals surface area contributed by atoms with Crippen LogP contribution < -0.4 is 10.9 Å². The van der Waals surface area contributed by atoms with E-state index in [4.69, 9.17) is 5.84 Å². The number of halogens is 7. The highest BCUT2D eigenvalue weighted by Crippen LogP contribution is 2.40. The van der Waals surface area contributed by atoms with Crippen LogP contribution >= 0.6 is 0 Å². The summed E-state index contributed by atoms with van der Waals surface area (Å²) in [6.45, 7) is 0. The Kier molecular flexibility index (Phi) is 5.63. The van der Waals surface area contributed by atoms with E-state index < -0.39 is 52.0 Å². The molecule has 0 unspecified atom stereocenters. The maximum absolute atomic E-state index is 13.4. The van der Waals surface area contributed by atoms with Gasteiger partial charge in [0.05, 0.1) is 11.3 Å². The first kappa shape index (κ1) is 22.1. The van der Waals surface area contributed by atoms with Gasteiger partial charge in [0.2, 0.25) is 5.82 Å². The van der Waals surface area contributed by atoms with Gasteiger partial charge in [-0.05, 0) is 29.8 Å². The van der Waals surface area contributed by atoms with Crippen LogP contribution in [0.2, 0.25) is 0 Å². The van der Waals surface area contributed by atoms with E-state index in [-0.39, 0.29) is 11.1 Å². The highest BCUT2D eigenvalue weighted by atomic mass is 19.4. The Hall–Kier alpha value is -3.61. The molecule has 0 aliphatic rings. The van der Waals surface area contributed by atoms with Crippen molar-refractivity contribution in [1.82, 2.24) is 15.0 Å². The molecule has 0 spiro atoms. The summed E-state index contributed by atoms with van der Waals surface area (Å²) in [7, 11) is 0. The minimum Gasteiger partial charge on any atom is -0.265 e. The summed E-state index contributed by atoms with van der Waals surface area (Å²) in [5, 5.41) is -0.541. The summed E-state index contributed by atoms with van der Waals surface area (Å²) >= 11 is 0. The van der Waals surface area contributed by atoms with Crippen molar-refractivity contribution in [2.75, 3.05) is 5.01 Å². The van der Waals surface area contributed by atoms with E-state index in [1.165, 1.54) is 24.5 Å². The number of rotatable bonds is 3. The molecule has 3 aromatic rings. The number of benzene rings is 1. The summed E-state index contributed by atoms with van der Waals surface area (Å²) in [4.78, 5) is 21.9. The number of hydrazine groups is 1. The number of hydrogen-bond acceptors (Lipinski definition) is 5. The Bertz CT molecular complexity index is 1100. The van der Waals surface area contributed by atoms with E-state index in [0.717, 1.165) is 24.3 Å². The van der Waals surface area contributed by atoms with Crippen LogP contribution in [-0.4, -0.2) is 27.0 Å². The third-order valence-corrected chi connectivity index (χ3v) is 3.92. The Balaban J connectivity index is 2.41. The second kappa shape index (κ2) is 7.91. The number of alkyl halides is 6. The molecule has 0 atom stereocenters. The molecule has 0 saturated carbocycles. The highest BCUT2D eigenvalue weighted by molar-refractivity contribution is 6.01. The van der Waals surface area contributed by atoms with Crippen LogP contribution in [-0.2, 0) is 11.0 Å². The van der Waals surface area contributed by atoms with Crippen LogP contribution in [0.3, 0.4) is 0 Å². The average molecular weight is 445 g/mol. The predicted octanol–water partition coefficient (Wildman–Crippen LogP) is 4.13. The maximum Gasteiger partial charge on any atom is 0.473 e. The van der Waals surface area contributed by atoms with Crippen molar-refractivity contribution >= 4 is 11.7 Å². The molecule has 0 saturated heterocycles. The predicted molar refractivity (Wildman–Crippen MR) is 93.4 cm³/mol. The van der Waals surface area contributed by atoms with Crippen molar-refractivity contribution < 1.29 is 35.5 Å². The largest absolute Gasteiger partial charge is 0.473 e. The number of pyridine rings is 1. The Labute approximate surface area is 169 Å². The van der Waals surface area contributed by atoms with E-state index in [2.05, 4.69) is 15.0 Å². The van der Waals surface area contributed by atoms with Gasteiger partial charge < -0.3 is 0 Å². The van der Waals surface area contributed by atoms with Gasteiger partial charge in [0.25, 0.3) is 0 Å². The number of carbonyl (C=O) groups excluding carboxylic acids is 1. The molecule has 3 rings (SSSR count). The van der Waals surface area contributed by atoms with Crippen molar-refractivity contribution in [3.05, 3.63) is 60.4 Å². The number of hydrogen-bond donors (Lipinski definition) is 1. The van der Waals surface area contributed by atoms with Crippen molar-refractivity contribution in [2.24, 2.45) is 5.84 Å².